The first-order valence-corrected chi connectivity index (χ1v) is 11.1. The third-order valence-corrected chi connectivity index (χ3v) is 5.39. The fraction of sp³-hybridized carbons (Fsp3) is 0.296. The molecule has 0 N–H and O–H groups in total. The second-order valence-corrected chi connectivity index (χ2v) is 8.32. The van der Waals surface area contributed by atoms with Crippen molar-refractivity contribution in [3.05, 3.63) is 100 Å². The van der Waals surface area contributed by atoms with Crippen LogP contribution in [-0.2, 0) is 13.0 Å². The van der Waals surface area contributed by atoms with E-state index in [-0.39, 0.29) is 12.1 Å². The van der Waals surface area contributed by atoms with Crippen molar-refractivity contribution in [1.29, 1.82) is 0 Å². The minimum Gasteiger partial charge on any atom is -0.858 e. The summed E-state index contributed by atoms with van der Waals surface area (Å²) >= 11 is 0. The first-order chi connectivity index (χ1) is 16.2. The number of aliphatic imine (C=N–C) groups is 1. The Bertz CT molecular complexity index is 1170. The maximum Gasteiger partial charge on any atom is 0.399 e. The van der Waals surface area contributed by atoms with E-state index in [9.17, 15) is 18.3 Å². The molecule has 0 saturated carbocycles. The topological polar surface area (TPSA) is 61.2 Å². The standard InChI is InChI=1S/C27H28F3N3O/c1-4-5-21-10-18(2)11-23(13-21)25(27(28,29)30)9-7-20-6-8-24(19(3)12-20)26(34)33-16-22-14-31-17-32-15-22/h6-15,17,25H,4-5,16H2,1-3H3,(H,33,34)/p-1/b9-7+. The Kier molecular flexibility index (Phi) is 8.21. The first kappa shape index (κ1) is 25.1. The minimum absolute atomic E-state index is 0.157. The van der Waals surface area contributed by atoms with Crippen molar-refractivity contribution >= 4 is 12.0 Å². The van der Waals surface area contributed by atoms with E-state index in [1.54, 1.807) is 49.6 Å². The van der Waals surface area contributed by atoms with E-state index in [4.69, 9.17) is 0 Å². The highest BCUT2D eigenvalue weighted by molar-refractivity contribution is 5.92. The molecule has 0 aliphatic carbocycles. The van der Waals surface area contributed by atoms with Crippen LogP contribution < -0.4 is 5.11 Å². The van der Waals surface area contributed by atoms with Crippen LogP contribution >= 0.6 is 0 Å². The number of benzene rings is 2. The number of halogens is 3. The number of allylic oxidation sites excluding steroid dienone is 1. The quantitative estimate of drug-likeness (QED) is 0.315. The van der Waals surface area contributed by atoms with Gasteiger partial charge in [-0.2, -0.15) is 13.2 Å². The zero-order valence-electron chi connectivity index (χ0n) is 19.4. The molecule has 3 rings (SSSR count). The summed E-state index contributed by atoms with van der Waals surface area (Å²) in [5.74, 6) is -2.11. The molecule has 0 bridgehead atoms. The van der Waals surface area contributed by atoms with Crippen LogP contribution in [0.3, 0.4) is 0 Å². The lowest BCUT2D eigenvalue weighted by Gasteiger charge is -2.19. The van der Waals surface area contributed by atoms with Gasteiger partial charge in [0.1, 0.15) is 6.33 Å². The number of hydrogen-bond acceptors (Lipinski definition) is 4. The molecule has 7 heteroatoms. The van der Waals surface area contributed by atoms with Gasteiger partial charge in [0.2, 0.25) is 0 Å². The van der Waals surface area contributed by atoms with E-state index in [1.165, 1.54) is 18.5 Å². The lowest BCUT2D eigenvalue weighted by Crippen LogP contribution is -2.20. The smallest absolute Gasteiger partial charge is 0.399 e. The average molecular weight is 467 g/mol. The zero-order chi connectivity index (χ0) is 24.7. The van der Waals surface area contributed by atoms with E-state index >= 15 is 0 Å². The van der Waals surface area contributed by atoms with Crippen molar-refractivity contribution in [2.75, 3.05) is 0 Å². The summed E-state index contributed by atoms with van der Waals surface area (Å²) in [5.41, 5.74) is 4.30. The zero-order valence-corrected chi connectivity index (χ0v) is 19.4. The lowest BCUT2D eigenvalue weighted by atomic mass is 9.92. The third kappa shape index (κ3) is 6.76. The summed E-state index contributed by atoms with van der Waals surface area (Å²) in [6, 6.07) is 10.1. The largest absolute Gasteiger partial charge is 0.858 e. The molecule has 2 aromatic carbocycles. The molecule has 0 fully saturated rings. The third-order valence-electron chi connectivity index (χ3n) is 5.39. The summed E-state index contributed by atoms with van der Waals surface area (Å²) in [6.07, 6.45) is 4.39. The lowest BCUT2D eigenvalue weighted by molar-refractivity contribution is -0.213. The van der Waals surface area contributed by atoms with E-state index in [0.29, 0.717) is 22.3 Å². The molecule has 0 amide bonds. The molecule has 1 heterocycles. The predicted molar refractivity (Wildman–Crippen MR) is 126 cm³/mol. The van der Waals surface area contributed by atoms with Gasteiger partial charge in [-0.05, 0) is 54.0 Å². The summed E-state index contributed by atoms with van der Waals surface area (Å²) in [5, 5.41) is 12.5. The van der Waals surface area contributed by atoms with Gasteiger partial charge in [-0.1, -0.05) is 67.5 Å². The summed E-state index contributed by atoms with van der Waals surface area (Å²) in [6.45, 7) is 5.72. The average Bonchev–Trinajstić information content (AvgIpc) is 2.77. The van der Waals surface area contributed by atoms with Crippen molar-refractivity contribution in [3.63, 3.8) is 0 Å². The predicted octanol–water partition coefficient (Wildman–Crippen LogP) is 5.71. The number of aromatic nitrogens is 2. The maximum atomic E-state index is 13.9. The molecule has 1 aromatic heterocycles. The van der Waals surface area contributed by atoms with Crippen LogP contribution in [0.2, 0.25) is 0 Å². The van der Waals surface area contributed by atoms with Crippen LogP contribution in [0.15, 0.2) is 66.2 Å². The molecule has 34 heavy (non-hydrogen) atoms. The van der Waals surface area contributed by atoms with Crippen molar-refractivity contribution in [3.8, 4) is 0 Å². The summed E-state index contributed by atoms with van der Waals surface area (Å²) in [7, 11) is 0. The van der Waals surface area contributed by atoms with Gasteiger partial charge >= 0.3 is 6.18 Å². The van der Waals surface area contributed by atoms with Crippen LogP contribution in [0.4, 0.5) is 13.2 Å². The molecule has 0 spiro atoms. The molecule has 1 atom stereocenters. The van der Waals surface area contributed by atoms with Crippen LogP contribution in [0.5, 0.6) is 0 Å². The number of alkyl halides is 3. The first-order valence-electron chi connectivity index (χ1n) is 11.1. The van der Waals surface area contributed by atoms with Gasteiger partial charge in [0.15, 0.2) is 0 Å². The Hall–Kier alpha value is -3.48. The Balaban J connectivity index is 1.83. The van der Waals surface area contributed by atoms with Crippen LogP contribution in [0, 0.1) is 13.8 Å². The van der Waals surface area contributed by atoms with E-state index in [0.717, 1.165) is 24.0 Å². The van der Waals surface area contributed by atoms with Crippen LogP contribution in [0.25, 0.3) is 6.08 Å². The van der Waals surface area contributed by atoms with Gasteiger partial charge < -0.3 is 5.11 Å². The molecule has 0 aliphatic heterocycles. The molecule has 4 nitrogen and oxygen atoms in total. The molecule has 178 valence electrons. The minimum atomic E-state index is -4.42. The number of aryl methyl sites for hydroxylation is 3. The molecule has 0 aliphatic rings. The van der Waals surface area contributed by atoms with Crippen LogP contribution in [-0.4, -0.2) is 22.0 Å². The van der Waals surface area contributed by atoms with Gasteiger partial charge in [-0.15, -0.1) is 0 Å². The van der Waals surface area contributed by atoms with Crippen LogP contribution in [0.1, 0.15) is 58.2 Å². The van der Waals surface area contributed by atoms with E-state index < -0.39 is 18.0 Å². The van der Waals surface area contributed by atoms with Gasteiger partial charge in [-0.3, -0.25) is 4.99 Å². The Morgan fingerprint density at radius 3 is 2.44 bits per heavy atom. The molecule has 0 saturated heterocycles. The van der Waals surface area contributed by atoms with Crippen molar-refractivity contribution in [2.24, 2.45) is 4.99 Å². The van der Waals surface area contributed by atoms with Crippen molar-refractivity contribution < 1.29 is 18.3 Å². The van der Waals surface area contributed by atoms with E-state index in [1.807, 2.05) is 19.9 Å². The Labute approximate surface area is 197 Å². The Morgan fingerprint density at radius 1 is 1.06 bits per heavy atom. The fourth-order valence-corrected chi connectivity index (χ4v) is 3.81. The molecule has 3 aromatic rings. The normalized spacial score (nSPS) is 13.4. The highest BCUT2D eigenvalue weighted by Gasteiger charge is 2.39. The molecular formula is C27H27F3N3O-. The SMILES string of the molecule is CCCc1cc(C)cc(C(/C=C/c2ccc(C([O-])=NCc3cncnc3)c(C)c2)C(F)(F)F)c1. The van der Waals surface area contributed by atoms with E-state index in [2.05, 4.69) is 15.0 Å². The summed E-state index contributed by atoms with van der Waals surface area (Å²) in [4.78, 5) is 11.8. The number of rotatable bonds is 8. The fourth-order valence-electron chi connectivity index (χ4n) is 3.81. The van der Waals surface area contributed by atoms with Gasteiger partial charge in [0.05, 0.1) is 12.5 Å². The Morgan fingerprint density at radius 2 is 1.79 bits per heavy atom. The van der Waals surface area contributed by atoms with Gasteiger partial charge in [0, 0.05) is 18.0 Å². The monoisotopic (exact) mass is 466 g/mol. The maximum absolute atomic E-state index is 13.9. The number of hydrogen-bond donors (Lipinski definition) is 0. The van der Waals surface area contributed by atoms with Gasteiger partial charge in [0.25, 0.3) is 0 Å². The molecule has 0 radical (unpaired) electrons. The number of nitrogens with zero attached hydrogens (tertiary/aromatic N) is 3. The molecule has 1 unspecified atom stereocenters. The summed E-state index contributed by atoms with van der Waals surface area (Å²) < 4.78 is 41.7. The van der Waals surface area contributed by atoms with Crippen molar-refractivity contribution in [2.45, 2.75) is 52.3 Å². The second kappa shape index (κ2) is 11.1. The highest BCUT2D eigenvalue weighted by Crippen LogP contribution is 2.37. The second-order valence-electron chi connectivity index (χ2n) is 8.32. The van der Waals surface area contributed by atoms with Gasteiger partial charge in [-0.25, -0.2) is 9.97 Å². The highest BCUT2D eigenvalue weighted by atomic mass is 19.4. The molecular weight excluding hydrogens is 439 g/mol. The van der Waals surface area contributed by atoms with Crippen molar-refractivity contribution in [1.82, 2.24) is 9.97 Å².